The molecule has 0 amide bonds. The predicted molar refractivity (Wildman–Crippen MR) is 87.4 cm³/mol. The molecule has 112 valence electrons. The van der Waals surface area contributed by atoms with Crippen LogP contribution in [0.3, 0.4) is 0 Å². The van der Waals surface area contributed by atoms with Crippen LogP contribution < -0.4 is 10.1 Å². The summed E-state index contributed by atoms with van der Waals surface area (Å²) in [7, 11) is 1.68. The number of benzene rings is 1. The Morgan fingerprint density at radius 3 is 2.86 bits per heavy atom. The average molecular weight is 303 g/mol. The minimum atomic E-state index is 0.445. The van der Waals surface area contributed by atoms with E-state index in [1.54, 1.807) is 12.0 Å². The van der Waals surface area contributed by atoms with Crippen LogP contribution in [-0.2, 0) is 11.2 Å². The Morgan fingerprint density at radius 2 is 2.05 bits per heavy atom. The average Bonchev–Trinajstić information content (AvgIpc) is 2.99. The topological polar surface area (TPSA) is 30.5 Å². The van der Waals surface area contributed by atoms with Crippen molar-refractivity contribution in [1.29, 1.82) is 0 Å². The first-order chi connectivity index (χ1) is 10.4. The summed E-state index contributed by atoms with van der Waals surface area (Å²) in [6, 6.07) is 10.9. The Morgan fingerprint density at radius 1 is 1.19 bits per heavy atom. The first-order valence-corrected chi connectivity index (χ1v) is 8.29. The van der Waals surface area contributed by atoms with Gasteiger partial charge >= 0.3 is 0 Å². The standard InChI is InChI=1S/C17H21NO2S/c1-19-10-11-20-14-7-5-13(6-8-14)18-16-3-2-4-17-15(16)9-12-21-17/h5-9,12,16,18H,2-4,10-11H2,1H3. The number of hydrogen-bond donors (Lipinski definition) is 1. The van der Waals surface area contributed by atoms with Gasteiger partial charge < -0.3 is 14.8 Å². The summed E-state index contributed by atoms with van der Waals surface area (Å²) < 4.78 is 10.6. The van der Waals surface area contributed by atoms with E-state index in [1.165, 1.54) is 24.8 Å². The third-order valence-corrected chi connectivity index (χ3v) is 4.80. The highest BCUT2D eigenvalue weighted by atomic mass is 32.1. The Labute approximate surface area is 129 Å². The van der Waals surface area contributed by atoms with Gasteiger partial charge in [-0.2, -0.15) is 0 Å². The van der Waals surface area contributed by atoms with Gasteiger partial charge in [-0.15, -0.1) is 11.3 Å². The Hall–Kier alpha value is -1.52. The number of anilines is 1. The van der Waals surface area contributed by atoms with E-state index in [0.717, 1.165) is 11.4 Å². The summed E-state index contributed by atoms with van der Waals surface area (Å²) in [5, 5.41) is 5.85. The maximum atomic E-state index is 5.58. The van der Waals surface area contributed by atoms with E-state index < -0.39 is 0 Å². The summed E-state index contributed by atoms with van der Waals surface area (Å²) in [5.74, 6) is 0.887. The molecule has 0 bridgehead atoms. The van der Waals surface area contributed by atoms with E-state index >= 15 is 0 Å². The largest absolute Gasteiger partial charge is 0.491 e. The van der Waals surface area contributed by atoms with Crippen LogP contribution in [0.1, 0.15) is 29.3 Å². The highest BCUT2D eigenvalue weighted by Crippen LogP contribution is 2.35. The van der Waals surface area contributed by atoms with Crippen molar-refractivity contribution in [1.82, 2.24) is 0 Å². The molecule has 1 aliphatic carbocycles. The van der Waals surface area contributed by atoms with Crippen LogP contribution >= 0.6 is 11.3 Å². The quantitative estimate of drug-likeness (QED) is 0.809. The number of aryl methyl sites for hydroxylation is 1. The fourth-order valence-corrected chi connectivity index (χ4v) is 3.72. The normalized spacial score (nSPS) is 17.3. The van der Waals surface area contributed by atoms with Crippen molar-refractivity contribution in [2.24, 2.45) is 0 Å². The number of thiophene rings is 1. The van der Waals surface area contributed by atoms with Gasteiger partial charge in [-0.3, -0.25) is 0 Å². The maximum absolute atomic E-state index is 5.58. The molecule has 1 aromatic heterocycles. The molecule has 0 aliphatic heterocycles. The monoisotopic (exact) mass is 303 g/mol. The number of hydrogen-bond acceptors (Lipinski definition) is 4. The molecule has 21 heavy (non-hydrogen) atoms. The smallest absolute Gasteiger partial charge is 0.119 e. The van der Waals surface area contributed by atoms with Crippen molar-refractivity contribution in [3.8, 4) is 5.75 Å². The third kappa shape index (κ3) is 3.57. The Kier molecular flexibility index (Phi) is 4.78. The second kappa shape index (κ2) is 6.96. The fourth-order valence-electron chi connectivity index (χ4n) is 2.73. The number of fused-ring (bicyclic) bond motifs is 1. The van der Waals surface area contributed by atoms with E-state index in [4.69, 9.17) is 9.47 Å². The highest BCUT2D eigenvalue weighted by molar-refractivity contribution is 7.10. The second-order valence-electron chi connectivity index (χ2n) is 5.25. The summed E-state index contributed by atoms with van der Waals surface area (Å²) in [6.45, 7) is 1.20. The fraction of sp³-hybridized carbons (Fsp3) is 0.412. The molecule has 1 N–H and O–H groups in total. The zero-order valence-corrected chi connectivity index (χ0v) is 13.1. The lowest BCUT2D eigenvalue weighted by Gasteiger charge is -2.24. The summed E-state index contributed by atoms with van der Waals surface area (Å²) in [4.78, 5) is 1.54. The minimum Gasteiger partial charge on any atom is -0.491 e. The van der Waals surface area contributed by atoms with Gasteiger partial charge in [-0.05, 0) is 60.5 Å². The molecule has 1 atom stereocenters. The number of ether oxygens (including phenoxy) is 2. The van der Waals surface area contributed by atoms with Crippen molar-refractivity contribution in [3.63, 3.8) is 0 Å². The molecule has 1 unspecified atom stereocenters. The maximum Gasteiger partial charge on any atom is 0.119 e. The first-order valence-electron chi connectivity index (χ1n) is 7.41. The van der Waals surface area contributed by atoms with Gasteiger partial charge in [0.15, 0.2) is 0 Å². The van der Waals surface area contributed by atoms with Gasteiger partial charge in [0.25, 0.3) is 0 Å². The molecule has 4 heteroatoms. The molecule has 1 aromatic carbocycles. The van der Waals surface area contributed by atoms with E-state index in [2.05, 4.69) is 28.9 Å². The lowest BCUT2D eigenvalue weighted by atomic mass is 9.94. The van der Waals surface area contributed by atoms with Crippen molar-refractivity contribution in [2.75, 3.05) is 25.6 Å². The lowest BCUT2D eigenvalue weighted by Crippen LogP contribution is -2.15. The van der Waals surface area contributed by atoms with Crippen LogP contribution in [-0.4, -0.2) is 20.3 Å². The zero-order chi connectivity index (χ0) is 14.5. The van der Waals surface area contributed by atoms with Crippen molar-refractivity contribution < 1.29 is 9.47 Å². The molecule has 2 aromatic rings. The van der Waals surface area contributed by atoms with Gasteiger partial charge in [0.1, 0.15) is 12.4 Å². The van der Waals surface area contributed by atoms with Gasteiger partial charge in [-0.1, -0.05) is 0 Å². The van der Waals surface area contributed by atoms with Crippen molar-refractivity contribution in [3.05, 3.63) is 46.2 Å². The van der Waals surface area contributed by atoms with E-state index in [-0.39, 0.29) is 0 Å². The van der Waals surface area contributed by atoms with Crippen LogP contribution in [0.4, 0.5) is 5.69 Å². The molecule has 3 nitrogen and oxygen atoms in total. The molecule has 1 aliphatic rings. The number of rotatable bonds is 6. The summed E-state index contributed by atoms with van der Waals surface area (Å²) in [6.07, 6.45) is 3.71. The van der Waals surface area contributed by atoms with Gasteiger partial charge in [0.05, 0.1) is 12.6 Å². The molecule has 0 spiro atoms. The van der Waals surface area contributed by atoms with Crippen molar-refractivity contribution >= 4 is 17.0 Å². The molecule has 0 saturated carbocycles. The van der Waals surface area contributed by atoms with E-state index in [9.17, 15) is 0 Å². The molecule has 1 heterocycles. The van der Waals surface area contributed by atoms with Crippen LogP contribution in [0.2, 0.25) is 0 Å². The van der Waals surface area contributed by atoms with E-state index in [0.29, 0.717) is 19.3 Å². The molecule has 0 fully saturated rings. The SMILES string of the molecule is COCCOc1ccc(NC2CCCc3sccc32)cc1. The lowest BCUT2D eigenvalue weighted by molar-refractivity contribution is 0.146. The summed E-state index contributed by atoms with van der Waals surface area (Å²) >= 11 is 1.88. The van der Waals surface area contributed by atoms with Crippen LogP contribution in [0.15, 0.2) is 35.7 Å². The highest BCUT2D eigenvalue weighted by Gasteiger charge is 2.20. The van der Waals surface area contributed by atoms with Gasteiger partial charge in [0, 0.05) is 17.7 Å². The van der Waals surface area contributed by atoms with E-state index in [1.807, 2.05) is 23.5 Å². The first kappa shape index (κ1) is 14.4. The third-order valence-electron chi connectivity index (χ3n) is 3.80. The minimum absolute atomic E-state index is 0.445. The molecular formula is C17H21NO2S. The summed E-state index contributed by atoms with van der Waals surface area (Å²) in [5.41, 5.74) is 2.63. The predicted octanol–water partition coefficient (Wildman–Crippen LogP) is 4.26. The molecule has 0 saturated heterocycles. The second-order valence-corrected chi connectivity index (χ2v) is 6.25. The Bertz CT molecular complexity index is 564. The molecule has 3 rings (SSSR count). The van der Waals surface area contributed by atoms with Crippen LogP contribution in [0, 0.1) is 0 Å². The number of nitrogens with one attached hydrogen (secondary N) is 1. The number of methoxy groups -OCH3 is 1. The van der Waals surface area contributed by atoms with Crippen LogP contribution in [0.5, 0.6) is 5.75 Å². The van der Waals surface area contributed by atoms with Crippen molar-refractivity contribution in [2.45, 2.75) is 25.3 Å². The van der Waals surface area contributed by atoms with Crippen LogP contribution in [0.25, 0.3) is 0 Å². The molecule has 0 radical (unpaired) electrons. The van der Waals surface area contributed by atoms with Gasteiger partial charge in [0.2, 0.25) is 0 Å². The van der Waals surface area contributed by atoms with Gasteiger partial charge in [-0.25, -0.2) is 0 Å². The Balaban J connectivity index is 1.61. The molecular weight excluding hydrogens is 282 g/mol. The zero-order valence-electron chi connectivity index (χ0n) is 12.3.